The Hall–Kier alpha value is -4.64. The number of amides is 4. The molecular formula is C33H42N8O3. The van der Waals surface area contributed by atoms with Crippen molar-refractivity contribution in [3.05, 3.63) is 89.6 Å². The number of carbonyl (C=O) groups excluding carboxylic acids is 3. The average Bonchev–Trinajstić information content (AvgIpc) is 3.54. The lowest BCUT2D eigenvalue weighted by Crippen LogP contribution is -2.48. The van der Waals surface area contributed by atoms with Crippen LogP contribution < -0.4 is 16.0 Å². The monoisotopic (exact) mass is 598 g/mol. The third kappa shape index (κ3) is 6.62. The summed E-state index contributed by atoms with van der Waals surface area (Å²) in [5.74, 6) is 0.365. The number of anilines is 2. The SMILES string of the molecule is C=CC(=O)Nc1ccc(C(=O)N2CCCC(Nc3n[nH]c4c3CN(C(=O)N[C@H](CN(C)C)c3ccccc3)C4(C)C)C2)cc1. The first-order valence-corrected chi connectivity index (χ1v) is 15.0. The Morgan fingerprint density at radius 3 is 2.55 bits per heavy atom. The first-order valence-electron chi connectivity index (χ1n) is 15.0. The van der Waals surface area contributed by atoms with Crippen molar-refractivity contribution in [1.29, 1.82) is 0 Å². The largest absolute Gasteiger partial charge is 0.364 e. The molecule has 2 aliphatic rings. The Morgan fingerprint density at radius 1 is 1.14 bits per heavy atom. The van der Waals surface area contributed by atoms with E-state index in [2.05, 4.69) is 37.6 Å². The van der Waals surface area contributed by atoms with E-state index < -0.39 is 5.54 Å². The molecule has 5 rings (SSSR count). The van der Waals surface area contributed by atoms with Crippen molar-refractivity contribution in [2.45, 2.75) is 50.9 Å². The molecule has 1 saturated heterocycles. The van der Waals surface area contributed by atoms with Gasteiger partial charge in [-0.3, -0.25) is 14.7 Å². The summed E-state index contributed by atoms with van der Waals surface area (Å²) >= 11 is 0. The number of nitrogens with zero attached hydrogens (tertiary/aromatic N) is 4. The fourth-order valence-corrected chi connectivity index (χ4v) is 6.02. The molecule has 44 heavy (non-hydrogen) atoms. The van der Waals surface area contributed by atoms with Crippen molar-refractivity contribution in [2.75, 3.05) is 44.4 Å². The van der Waals surface area contributed by atoms with E-state index in [4.69, 9.17) is 0 Å². The fraction of sp³-hybridized carbons (Fsp3) is 0.394. The molecule has 2 aromatic carbocycles. The summed E-state index contributed by atoms with van der Waals surface area (Å²) in [6.07, 6.45) is 2.96. The van der Waals surface area contributed by atoms with Crippen LogP contribution in [0.15, 0.2) is 67.3 Å². The number of likely N-dealkylation sites (N-methyl/N-ethyl adjacent to an activating group) is 1. The van der Waals surface area contributed by atoms with E-state index in [-0.39, 0.29) is 29.9 Å². The van der Waals surface area contributed by atoms with E-state index >= 15 is 0 Å². The second-order valence-corrected chi connectivity index (χ2v) is 12.3. The van der Waals surface area contributed by atoms with E-state index in [0.29, 0.717) is 37.4 Å². The Balaban J connectivity index is 1.24. The smallest absolute Gasteiger partial charge is 0.319 e. The van der Waals surface area contributed by atoms with Crippen molar-refractivity contribution in [2.24, 2.45) is 0 Å². The number of benzene rings is 2. The number of urea groups is 1. The van der Waals surface area contributed by atoms with Crippen molar-refractivity contribution < 1.29 is 14.4 Å². The molecule has 3 heterocycles. The van der Waals surface area contributed by atoms with Crippen LogP contribution in [0.1, 0.15) is 59.9 Å². The molecule has 4 N–H and O–H groups in total. The molecule has 4 amide bonds. The van der Waals surface area contributed by atoms with Gasteiger partial charge in [-0.15, -0.1) is 0 Å². The highest BCUT2D eigenvalue weighted by Crippen LogP contribution is 2.41. The zero-order valence-electron chi connectivity index (χ0n) is 25.9. The van der Waals surface area contributed by atoms with Crippen LogP contribution in [0.5, 0.6) is 0 Å². The number of likely N-dealkylation sites (tertiary alicyclic amines) is 1. The summed E-state index contributed by atoms with van der Waals surface area (Å²) in [5, 5.41) is 17.3. The van der Waals surface area contributed by atoms with Crippen molar-refractivity contribution in [1.82, 2.24) is 30.2 Å². The maximum atomic E-state index is 13.7. The molecule has 0 spiro atoms. The van der Waals surface area contributed by atoms with Crippen LogP contribution >= 0.6 is 0 Å². The average molecular weight is 599 g/mol. The Labute approximate surface area is 258 Å². The highest BCUT2D eigenvalue weighted by molar-refractivity contribution is 5.99. The van der Waals surface area contributed by atoms with Gasteiger partial charge >= 0.3 is 6.03 Å². The minimum Gasteiger partial charge on any atom is -0.364 e. The lowest BCUT2D eigenvalue weighted by Gasteiger charge is -2.34. The Bertz CT molecular complexity index is 1500. The van der Waals surface area contributed by atoms with Crippen LogP contribution in [-0.2, 0) is 16.9 Å². The maximum absolute atomic E-state index is 13.7. The molecule has 11 heteroatoms. The van der Waals surface area contributed by atoms with Gasteiger partial charge < -0.3 is 30.7 Å². The number of carbonyl (C=O) groups is 3. The van der Waals surface area contributed by atoms with Crippen LogP contribution in [0.4, 0.5) is 16.3 Å². The van der Waals surface area contributed by atoms with Gasteiger partial charge in [-0.25, -0.2) is 4.79 Å². The normalized spacial score (nSPS) is 18.0. The summed E-state index contributed by atoms with van der Waals surface area (Å²) < 4.78 is 0. The Kier molecular flexibility index (Phi) is 9.05. The Morgan fingerprint density at radius 2 is 1.86 bits per heavy atom. The standard InChI is InChI=1S/C33H42N8O3/c1-6-28(42)34-24-16-14-23(15-17-24)31(43)40-18-10-13-25(19-40)35-30-26-20-41(33(2,3)29(26)37-38-30)32(44)36-27(21-39(4)5)22-11-8-7-9-12-22/h6-9,11-12,14-17,25,27H,1,10,13,18-21H2,2-5H3,(H,34,42)(H,36,44)(H2,35,37,38)/t25?,27-/m1/s1. The van der Waals surface area contributed by atoms with E-state index in [1.54, 1.807) is 24.3 Å². The minimum absolute atomic E-state index is 0.0137. The van der Waals surface area contributed by atoms with Crippen LogP contribution in [0.25, 0.3) is 0 Å². The molecule has 11 nitrogen and oxygen atoms in total. The topological polar surface area (TPSA) is 126 Å². The molecule has 0 aliphatic carbocycles. The van der Waals surface area contributed by atoms with Crippen LogP contribution in [-0.4, -0.2) is 82.5 Å². The minimum atomic E-state index is -0.586. The van der Waals surface area contributed by atoms with Crippen molar-refractivity contribution in [3.63, 3.8) is 0 Å². The van der Waals surface area contributed by atoms with Crippen molar-refractivity contribution >= 4 is 29.4 Å². The van der Waals surface area contributed by atoms with Gasteiger partial charge in [-0.2, -0.15) is 5.10 Å². The molecular weight excluding hydrogens is 556 g/mol. The zero-order valence-corrected chi connectivity index (χ0v) is 25.9. The highest BCUT2D eigenvalue weighted by atomic mass is 16.2. The number of rotatable bonds is 9. The van der Waals surface area contributed by atoms with Crippen LogP contribution in [0, 0.1) is 0 Å². The third-order valence-electron chi connectivity index (χ3n) is 8.40. The van der Waals surface area contributed by atoms with E-state index in [9.17, 15) is 14.4 Å². The predicted octanol–water partition coefficient (Wildman–Crippen LogP) is 4.31. The number of piperidine rings is 1. The van der Waals surface area contributed by atoms with E-state index in [1.165, 1.54) is 6.08 Å². The maximum Gasteiger partial charge on any atom is 0.319 e. The lowest BCUT2D eigenvalue weighted by atomic mass is 10.0. The van der Waals surface area contributed by atoms with Gasteiger partial charge in [-0.1, -0.05) is 36.9 Å². The lowest BCUT2D eigenvalue weighted by molar-refractivity contribution is -0.111. The van der Waals surface area contributed by atoms with Crippen LogP contribution in [0.2, 0.25) is 0 Å². The van der Waals surface area contributed by atoms with Gasteiger partial charge in [0.15, 0.2) is 5.82 Å². The van der Waals surface area contributed by atoms with Gasteiger partial charge in [-0.05, 0) is 76.7 Å². The van der Waals surface area contributed by atoms with Gasteiger partial charge in [0, 0.05) is 42.5 Å². The van der Waals surface area contributed by atoms with Crippen LogP contribution in [0.3, 0.4) is 0 Å². The summed E-state index contributed by atoms with van der Waals surface area (Å²) in [5.41, 5.74) is 3.52. The highest BCUT2D eigenvalue weighted by Gasteiger charge is 2.44. The molecule has 1 unspecified atom stereocenters. The number of hydrogen-bond acceptors (Lipinski definition) is 6. The molecule has 0 saturated carbocycles. The predicted molar refractivity (Wildman–Crippen MR) is 171 cm³/mol. The zero-order chi connectivity index (χ0) is 31.4. The number of aromatic nitrogens is 2. The molecule has 1 aromatic heterocycles. The molecule has 2 aliphatic heterocycles. The second-order valence-electron chi connectivity index (χ2n) is 12.3. The third-order valence-corrected chi connectivity index (χ3v) is 8.40. The second kappa shape index (κ2) is 12.9. The molecule has 2 atom stereocenters. The van der Waals surface area contributed by atoms with E-state index in [1.807, 2.05) is 68.1 Å². The van der Waals surface area contributed by atoms with E-state index in [0.717, 1.165) is 35.5 Å². The summed E-state index contributed by atoms with van der Waals surface area (Å²) in [6, 6.07) is 16.6. The number of H-pyrrole nitrogens is 1. The molecule has 3 aromatic rings. The summed E-state index contributed by atoms with van der Waals surface area (Å²) in [7, 11) is 4.00. The fourth-order valence-electron chi connectivity index (χ4n) is 6.02. The number of nitrogens with one attached hydrogen (secondary N) is 4. The van der Waals surface area contributed by atoms with Gasteiger partial charge in [0.1, 0.15) is 0 Å². The first kappa shape index (κ1) is 30.8. The summed E-state index contributed by atoms with van der Waals surface area (Å²) in [4.78, 5) is 44.3. The van der Waals surface area contributed by atoms with Gasteiger partial charge in [0.05, 0.1) is 23.8 Å². The number of fused-ring (bicyclic) bond motifs is 1. The number of hydrogen-bond donors (Lipinski definition) is 4. The van der Waals surface area contributed by atoms with Crippen molar-refractivity contribution in [3.8, 4) is 0 Å². The summed E-state index contributed by atoms with van der Waals surface area (Å²) in [6.45, 7) is 9.81. The van der Waals surface area contributed by atoms with Gasteiger partial charge in [0.25, 0.3) is 5.91 Å². The molecule has 1 fully saturated rings. The van der Waals surface area contributed by atoms with Gasteiger partial charge in [0.2, 0.25) is 5.91 Å². The molecule has 0 bridgehead atoms. The quantitative estimate of drug-likeness (QED) is 0.272. The first-order chi connectivity index (χ1) is 21.1. The number of aromatic amines is 1. The molecule has 232 valence electrons. The molecule has 0 radical (unpaired) electrons.